The molecule has 0 aliphatic heterocycles. The Kier molecular flexibility index (Phi) is 51.5. The zero-order valence-electron chi connectivity index (χ0n) is 43.4. The van der Waals surface area contributed by atoms with E-state index in [0.717, 1.165) is 109 Å². The molecular formula is C61H100O6. The van der Waals surface area contributed by atoms with Gasteiger partial charge in [0.15, 0.2) is 6.10 Å². The highest BCUT2D eigenvalue weighted by Crippen LogP contribution is 2.15. The minimum absolute atomic E-state index is 0.0959. The van der Waals surface area contributed by atoms with Crippen molar-refractivity contribution in [1.82, 2.24) is 0 Å². The first-order valence-corrected chi connectivity index (χ1v) is 27.4. The van der Waals surface area contributed by atoms with Gasteiger partial charge in [0.25, 0.3) is 0 Å². The average Bonchev–Trinajstić information content (AvgIpc) is 3.33. The maximum atomic E-state index is 12.7. The van der Waals surface area contributed by atoms with E-state index in [9.17, 15) is 14.4 Å². The second-order valence-electron chi connectivity index (χ2n) is 17.8. The molecule has 0 rings (SSSR count). The van der Waals surface area contributed by atoms with E-state index >= 15 is 0 Å². The number of hydrogen-bond acceptors (Lipinski definition) is 6. The second kappa shape index (κ2) is 54.7. The molecule has 67 heavy (non-hydrogen) atoms. The number of carbonyl (C=O) groups is 3. The van der Waals surface area contributed by atoms with E-state index in [0.29, 0.717) is 12.8 Å². The van der Waals surface area contributed by atoms with Gasteiger partial charge < -0.3 is 14.2 Å². The molecule has 0 N–H and O–H groups in total. The smallest absolute Gasteiger partial charge is 0.310 e. The Balaban J connectivity index is 4.09. The van der Waals surface area contributed by atoms with Crippen LogP contribution in [0.3, 0.4) is 0 Å². The molecule has 0 aromatic rings. The summed E-state index contributed by atoms with van der Waals surface area (Å²) in [5, 5.41) is 0. The molecule has 0 spiro atoms. The van der Waals surface area contributed by atoms with Crippen LogP contribution < -0.4 is 0 Å². The predicted octanol–water partition coefficient (Wildman–Crippen LogP) is 18.3. The van der Waals surface area contributed by atoms with Crippen LogP contribution in [0.15, 0.2) is 109 Å². The highest BCUT2D eigenvalue weighted by atomic mass is 16.6. The number of carbonyl (C=O) groups excluding carboxylic acids is 3. The van der Waals surface area contributed by atoms with Crippen LogP contribution in [0.2, 0.25) is 0 Å². The third kappa shape index (κ3) is 52.9. The molecular weight excluding hydrogens is 829 g/mol. The van der Waals surface area contributed by atoms with Crippen molar-refractivity contribution < 1.29 is 28.6 Å². The van der Waals surface area contributed by atoms with Crippen LogP contribution in [0.5, 0.6) is 0 Å². The van der Waals surface area contributed by atoms with Gasteiger partial charge >= 0.3 is 17.9 Å². The summed E-state index contributed by atoms with van der Waals surface area (Å²) in [6.07, 6.45) is 74.5. The van der Waals surface area contributed by atoms with Gasteiger partial charge in [-0.05, 0) is 83.5 Å². The number of allylic oxidation sites excluding steroid dienone is 17. The van der Waals surface area contributed by atoms with Crippen LogP contribution >= 0.6 is 0 Å². The van der Waals surface area contributed by atoms with Crippen molar-refractivity contribution in [3.05, 3.63) is 109 Å². The molecule has 0 fully saturated rings. The molecule has 0 aliphatic carbocycles. The summed E-state index contributed by atoms with van der Waals surface area (Å²) in [5.74, 6) is -1.06. The first-order valence-electron chi connectivity index (χ1n) is 27.4. The summed E-state index contributed by atoms with van der Waals surface area (Å²) < 4.78 is 16.6. The molecule has 1 atom stereocenters. The normalized spacial score (nSPS) is 12.9. The Bertz CT molecular complexity index is 1390. The van der Waals surface area contributed by atoms with Crippen molar-refractivity contribution in [3.8, 4) is 0 Å². The van der Waals surface area contributed by atoms with Crippen molar-refractivity contribution in [2.75, 3.05) is 13.2 Å². The topological polar surface area (TPSA) is 78.9 Å². The first-order chi connectivity index (χ1) is 33.0. The highest BCUT2D eigenvalue weighted by Gasteiger charge is 2.19. The number of ether oxygens (including phenoxy) is 3. The van der Waals surface area contributed by atoms with Crippen molar-refractivity contribution in [1.29, 1.82) is 0 Å². The monoisotopic (exact) mass is 929 g/mol. The van der Waals surface area contributed by atoms with Crippen molar-refractivity contribution in [3.63, 3.8) is 0 Å². The fourth-order valence-corrected chi connectivity index (χ4v) is 7.27. The summed E-state index contributed by atoms with van der Waals surface area (Å²) in [6, 6.07) is 0. The van der Waals surface area contributed by atoms with Gasteiger partial charge in [0.1, 0.15) is 13.2 Å². The van der Waals surface area contributed by atoms with Gasteiger partial charge in [-0.15, -0.1) is 0 Å². The Labute approximate surface area is 412 Å². The van der Waals surface area contributed by atoms with E-state index in [1.54, 1.807) is 6.08 Å². The molecule has 1 unspecified atom stereocenters. The van der Waals surface area contributed by atoms with Gasteiger partial charge in [-0.25, -0.2) is 0 Å². The maximum Gasteiger partial charge on any atom is 0.310 e. The lowest BCUT2D eigenvalue weighted by Gasteiger charge is -2.18. The molecule has 380 valence electrons. The van der Waals surface area contributed by atoms with E-state index in [4.69, 9.17) is 14.2 Å². The van der Waals surface area contributed by atoms with E-state index in [1.807, 2.05) is 6.08 Å². The Hall–Kier alpha value is -3.93. The Morgan fingerprint density at radius 1 is 0.328 bits per heavy atom. The fraction of sp³-hybridized carbons (Fsp3) is 0.656. The zero-order valence-corrected chi connectivity index (χ0v) is 43.4. The van der Waals surface area contributed by atoms with Gasteiger partial charge in [0, 0.05) is 12.8 Å². The average molecular weight is 929 g/mol. The standard InChI is InChI=1S/C61H100O6/c1-4-7-10-13-15-17-19-21-23-24-25-26-27-28-29-30-31-32-33-34-35-36-38-39-41-43-45-48-51-54-60(63)66-57-58(56-65-59(62)53-50-47-12-9-6-3)67-61(64)55-52-49-46-44-42-40-37-22-20-18-16-14-11-8-5-2/h7-8,10-11,15-18,21-23,25-26,37,42,44,49,52,58H,4-6,9,12-14,19-20,24,27-36,38-41,43,45-48,50-51,53-57H2,1-3H3/b10-7-,11-8-,17-15-,18-16-,23-21-,26-25-,37-22-,44-42-,52-49-. The summed E-state index contributed by atoms with van der Waals surface area (Å²) >= 11 is 0. The molecule has 0 aromatic carbocycles. The molecule has 0 radical (unpaired) electrons. The Morgan fingerprint density at radius 3 is 0.985 bits per heavy atom. The van der Waals surface area contributed by atoms with Crippen molar-refractivity contribution in [2.45, 2.75) is 245 Å². The van der Waals surface area contributed by atoms with Crippen LogP contribution in [0.4, 0.5) is 0 Å². The van der Waals surface area contributed by atoms with E-state index < -0.39 is 12.1 Å². The minimum atomic E-state index is -0.828. The predicted molar refractivity (Wildman–Crippen MR) is 288 cm³/mol. The third-order valence-electron chi connectivity index (χ3n) is 11.3. The van der Waals surface area contributed by atoms with Crippen molar-refractivity contribution in [2.24, 2.45) is 0 Å². The molecule has 0 heterocycles. The quantitative estimate of drug-likeness (QED) is 0.0262. The first kappa shape index (κ1) is 63.1. The fourth-order valence-electron chi connectivity index (χ4n) is 7.27. The van der Waals surface area contributed by atoms with Crippen LogP contribution in [0.1, 0.15) is 239 Å². The van der Waals surface area contributed by atoms with Crippen LogP contribution in [-0.4, -0.2) is 37.2 Å². The van der Waals surface area contributed by atoms with Gasteiger partial charge in [0.2, 0.25) is 0 Å². The highest BCUT2D eigenvalue weighted by molar-refractivity contribution is 5.72. The van der Waals surface area contributed by atoms with E-state index in [2.05, 4.69) is 118 Å². The molecule has 6 nitrogen and oxygen atoms in total. The minimum Gasteiger partial charge on any atom is -0.462 e. The van der Waals surface area contributed by atoms with E-state index in [-0.39, 0.29) is 31.6 Å². The zero-order chi connectivity index (χ0) is 48.6. The van der Waals surface area contributed by atoms with Crippen LogP contribution in [-0.2, 0) is 28.6 Å². The summed E-state index contributed by atoms with van der Waals surface area (Å²) in [4.78, 5) is 37.6. The Morgan fingerprint density at radius 2 is 0.627 bits per heavy atom. The van der Waals surface area contributed by atoms with Crippen LogP contribution in [0, 0.1) is 0 Å². The van der Waals surface area contributed by atoms with Gasteiger partial charge in [0.05, 0.1) is 6.42 Å². The molecule has 0 aromatic heterocycles. The van der Waals surface area contributed by atoms with Gasteiger partial charge in [-0.3, -0.25) is 14.4 Å². The number of hydrogen-bond donors (Lipinski definition) is 0. The third-order valence-corrected chi connectivity index (χ3v) is 11.3. The van der Waals surface area contributed by atoms with Gasteiger partial charge in [-0.1, -0.05) is 246 Å². The lowest BCUT2D eigenvalue weighted by molar-refractivity contribution is -0.166. The number of esters is 3. The lowest BCUT2D eigenvalue weighted by Crippen LogP contribution is -2.30. The largest absolute Gasteiger partial charge is 0.462 e. The summed E-state index contributed by atoms with van der Waals surface area (Å²) in [6.45, 7) is 6.23. The molecule has 0 saturated heterocycles. The SMILES string of the molecule is CC/C=C\C/C=C\C/C=C\C/C=C\C/C=C\CC(=O)OC(COC(=O)CCCCCCC)COC(=O)CCCCCCCCCCCCCCCCCC/C=C\C/C=C\C/C=C\C/C=C\CC. The van der Waals surface area contributed by atoms with E-state index in [1.165, 1.54) is 89.9 Å². The van der Waals surface area contributed by atoms with Crippen molar-refractivity contribution >= 4 is 17.9 Å². The molecule has 0 bridgehead atoms. The number of unbranched alkanes of at least 4 members (excludes halogenated alkanes) is 20. The molecule has 0 saturated carbocycles. The van der Waals surface area contributed by atoms with Gasteiger partial charge in [-0.2, -0.15) is 0 Å². The maximum absolute atomic E-state index is 12.7. The number of rotatable bonds is 48. The summed E-state index contributed by atoms with van der Waals surface area (Å²) in [7, 11) is 0. The molecule has 0 amide bonds. The lowest BCUT2D eigenvalue weighted by atomic mass is 10.0. The molecule has 6 heteroatoms. The second-order valence-corrected chi connectivity index (χ2v) is 17.8. The summed E-state index contributed by atoms with van der Waals surface area (Å²) in [5.41, 5.74) is 0. The van der Waals surface area contributed by atoms with Crippen LogP contribution in [0.25, 0.3) is 0 Å². The molecule has 0 aliphatic rings.